The van der Waals surface area contributed by atoms with Gasteiger partial charge in [0.15, 0.2) is 5.82 Å². The molecule has 0 amide bonds. The van der Waals surface area contributed by atoms with E-state index >= 15 is 0 Å². The Morgan fingerprint density at radius 2 is 2.06 bits per heavy atom. The lowest BCUT2D eigenvalue weighted by Gasteiger charge is -2.31. The average molecular weight is 518 g/mol. The van der Waals surface area contributed by atoms with E-state index in [1.807, 2.05) is 18.2 Å². The van der Waals surface area contributed by atoms with Crippen molar-refractivity contribution in [1.29, 1.82) is 0 Å². The maximum Gasteiger partial charge on any atom is 0.319 e. The van der Waals surface area contributed by atoms with Gasteiger partial charge in [-0.05, 0) is 37.6 Å². The molecule has 0 bridgehead atoms. The molecule has 3 N–H and O–H groups in total. The normalized spacial score (nSPS) is 17.8. The first-order chi connectivity index (χ1) is 16.9. The Balaban J connectivity index is 1.37. The van der Waals surface area contributed by atoms with E-state index in [2.05, 4.69) is 32.1 Å². The zero-order valence-corrected chi connectivity index (χ0v) is 21.4. The van der Waals surface area contributed by atoms with Crippen molar-refractivity contribution in [3.05, 3.63) is 41.4 Å². The Bertz CT molecular complexity index is 1250. The second-order valence-electron chi connectivity index (χ2n) is 8.84. The first-order valence-corrected chi connectivity index (χ1v) is 14.1. The number of hydrogen-bond donors (Lipinski definition) is 2. The number of oxazole rings is 1. The Labute approximate surface area is 209 Å². The SMILES string of the molecule is CCN1CCP(=O)(c2ccc(Nc3nc(N(N)c4ncc(C5CC5)o4)ncc3Cl)c(OC)c2)CC1. The van der Waals surface area contributed by atoms with Crippen LogP contribution >= 0.6 is 18.7 Å². The Morgan fingerprint density at radius 1 is 1.29 bits per heavy atom. The van der Waals surface area contributed by atoms with Crippen molar-refractivity contribution in [2.24, 2.45) is 5.84 Å². The van der Waals surface area contributed by atoms with E-state index in [0.717, 1.165) is 43.5 Å². The summed E-state index contributed by atoms with van der Waals surface area (Å²) >= 11 is 6.37. The fraction of sp³-hybridized carbons (Fsp3) is 0.435. The van der Waals surface area contributed by atoms with Crippen molar-refractivity contribution >= 4 is 47.5 Å². The number of hydrazine groups is 1. The number of anilines is 4. The first kappa shape index (κ1) is 24.1. The molecule has 1 aliphatic carbocycles. The summed E-state index contributed by atoms with van der Waals surface area (Å²) in [5.74, 6) is 8.47. The van der Waals surface area contributed by atoms with E-state index in [0.29, 0.717) is 40.5 Å². The minimum Gasteiger partial charge on any atom is -0.495 e. The van der Waals surface area contributed by atoms with Crippen molar-refractivity contribution in [2.75, 3.05) is 49.4 Å². The van der Waals surface area contributed by atoms with Gasteiger partial charge in [-0.25, -0.2) is 15.8 Å². The van der Waals surface area contributed by atoms with Gasteiger partial charge in [-0.3, -0.25) is 0 Å². The third-order valence-electron chi connectivity index (χ3n) is 6.55. The summed E-state index contributed by atoms with van der Waals surface area (Å²) in [7, 11) is -0.888. The minimum absolute atomic E-state index is 0.170. The predicted octanol–water partition coefficient (Wildman–Crippen LogP) is 4.08. The van der Waals surface area contributed by atoms with Crippen molar-refractivity contribution in [3.8, 4) is 5.75 Å². The third-order valence-corrected chi connectivity index (χ3v) is 9.90. The average Bonchev–Trinajstić information content (AvgIpc) is 3.61. The summed E-state index contributed by atoms with van der Waals surface area (Å²) in [5, 5.41) is 5.51. The van der Waals surface area contributed by atoms with Crippen molar-refractivity contribution in [2.45, 2.75) is 25.7 Å². The number of halogens is 1. The van der Waals surface area contributed by atoms with Crippen LogP contribution in [0.3, 0.4) is 0 Å². The molecular formula is C23H29ClN7O3P. The van der Waals surface area contributed by atoms with Crippen LogP contribution in [0.4, 0.5) is 23.5 Å². The molecule has 10 nitrogen and oxygen atoms in total. The molecular weight excluding hydrogens is 489 g/mol. The van der Waals surface area contributed by atoms with Crippen LogP contribution in [0.1, 0.15) is 31.4 Å². The van der Waals surface area contributed by atoms with Gasteiger partial charge in [0.1, 0.15) is 23.7 Å². The molecule has 3 aromatic rings. The summed E-state index contributed by atoms with van der Waals surface area (Å²) < 4.78 is 25.0. The van der Waals surface area contributed by atoms with Gasteiger partial charge >= 0.3 is 6.01 Å². The van der Waals surface area contributed by atoms with Crippen LogP contribution in [0.2, 0.25) is 5.02 Å². The number of aromatic nitrogens is 3. The fourth-order valence-corrected chi connectivity index (χ4v) is 6.95. The molecule has 3 heterocycles. The second-order valence-corrected chi connectivity index (χ2v) is 12.4. The molecule has 1 saturated heterocycles. The molecule has 0 radical (unpaired) electrons. The number of nitrogens with two attached hydrogens (primary N) is 1. The van der Waals surface area contributed by atoms with Gasteiger partial charge in [0.25, 0.3) is 5.95 Å². The molecule has 0 atom stereocenters. The fourth-order valence-electron chi connectivity index (χ4n) is 4.16. The molecule has 0 spiro atoms. The van der Waals surface area contributed by atoms with Crippen molar-refractivity contribution in [1.82, 2.24) is 19.9 Å². The third kappa shape index (κ3) is 5.02. The lowest BCUT2D eigenvalue weighted by Crippen LogP contribution is -2.36. The van der Waals surface area contributed by atoms with Gasteiger partial charge in [0.2, 0.25) is 0 Å². The van der Waals surface area contributed by atoms with Gasteiger partial charge < -0.3 is 23.9 Å². The van der Waals surface area contributed by atoms with E-state index in [-0.39, 0.29) is 12.0 Å². The molecule has 2 aromatic heterocycles. The summed E-state index contributed by atoms with van der Waals surface area (Å²) in [4.78, 5) is 15.2. The summed E-state index contributed by atoms with van der Waals surface area (Å²) in [6, 6.07) is 5.79. The van der Waals surface area contributed by atoms with Crippen LogP contribution in [0.5, 0.6) is 5.75 Å². The van der Waals surface area contributed by atoms with Crippen LogP contribution < -0.4 is 26.2 Å². The van der Waals surface area contributed by atoms with E-state index in [1.165, 1.54) is 11.2 Å². The molecule has 35 heavy (non-hydrogen) atoms. The Hall–Kier alpha value is -2.65. The number of nitrogens with zero attached hydrogens (tertiary/aromatic N) is 5. The largest absolute Gasteiger partial charge is 0.495 e. The molecule has 12 heteroatoms. The molecule has 1 saturated carbocycles. The van der Waals surface area contributed by atoms with Crippen LogP contribution in [-0.4, -0.2) is 58.9 Å². The summed E-state index contributed by atoms with van der Waals surface area (Å²) in [5.41, 5.74) is 0.636. The van der Waals surface area contributed by atoms with Gasteiger partial charge in [-0.2, -0.15) is 9.99 Å². The molecule has 0 unspecified atom stereocenters. The highest BCUT2D eigenvalue weighted by Crippen LogP contribution is 2.47. The number of hydrogen-bond acceptors (Lipinski definition) is 10. The quantitative estimate of drug-likeness (QED) is 0.256. The molecule has 2 fully saturated rings. The zero-order valence-electron chi connectivity index (χ0n) is 19.8. The highest BCUT2D eigenvalue weighted by molar-refractivity contribution is 7.71. The molecule has 1 aromatic carbocycles. The van der Waals surface area contributed by atoms with E-state index in [1.54, 1.807) is 13.3 Å². The maximum atomic E-state index is 13.6. The van der Waals surface area contributed by atoms with Crippen LogP contribution in [0.25, 0.3) is 0 Å². The van der Waals surface area contributed by atoms with Gasteiger partial charge in [0, 0.05) is 36.6 Å². The number of nitrogens with one attached hydrogen (secondary N) is 1. The van der Waals surface area contributed by atoms with E-state index < -0.39 is 7.14 Å². The smallest absolute Gasteiger partial charge is 0.319 e. The number of ether oxygens (including phenoxy) is 1. The van der Waals surface area contributed by atoms with Gasteiger partial charge in [-0.1, -0.05) is 18.5 Å². The summed E-state index contributed by atoms with van der Waals surface area (Å²) in [6.45, 7) is 4.80. The number of rotatable bonds is 8. The highest BCUT2D eigenvalue weighted by atomic mass is 35.5. The first-order valence-electron chi connectivity index (χ1n) is 11.7. The lowest BCUT2D eigenvalue weighted by atomic mass is 10.3. The van der Waals surface area contributed by atoms with Crippen LogP contribution in [0.15, 0.2) is 35.0 Å². The van der Waals surface area contributed by atoms with Gasteiger partial charge in [-0.15, -0.1) is 0 Å². The monoisotopic (exact) mass is 517 g/mol. The highest BCUT2D eigenvalue weighted by Gasteiger charge is 2.31. The predicted molar refractivity (Wildman–Crippen MR) is 137 cm³/mol. The van der Waals surface area contributed by atoms with E-state index in [4.69, 9.17) is 26.6 Å². The van der Waals surface area contributed by atoms with Crippen LogP contribution in [-0.2, 0) is 4.57 Å². The van der Waals surface area contributed by atoms with E-state index in [9.17, 15) is 4.57 Å². The zero-order chi connectivity index (χ0) is 24.6. The van der Waals surface area contributed by atoms with Crippen molar-refractivity contribution in [3.63, 3.8) is 0 Å². The molecule has 1 aliphatic heterocycles. The standard InChI is InChI=1S/C23H29ClN7O3P/c1-3-30-8-10-35(32,11-9-30)16-6-7-18(19(12-16)33-2)28-21-17(24)13-26-22(29-21)31(25)23-27-14-20(34-23)15-4-5-15/h6-7,12-15H,3-5,8-11,25H2,1-2H3,(H,26,28,29). The molecule has 2 aliphatic rings. The second kappa shape index (κ2) is 9.78. The van der Waals surface area contributed by atoms with Gasteiger partial charge in [0.05, 0.1) is 25.2 Å². The summed E-state index contributed by atoms with van der Waals surface area (Å²) in [6.07, 6.45) is 6.68. The number of benzene rings is 1. The number of methoxy groups -OCH3 is 1. The lowest BCUT2D eigenvalue weighted by molar-refractivity contribution is 0.312. The van der Waals surface area contributed by atoms with Crippen LogP contribution in [0, 0.1) is 0 Å². The Morgan fingerprint density at radius 3 is 2.74 bits per heavy atom. The van der Waals surface area contributed by atoms with Crippen molar-refractivity contribution < 1.29 is 13.7 Å². The topological polar surface area (TPSA) is 123 Å². The minimum atomic E-state index is -2.47. The Kier molecular flexibility index (Phi) is 6.72. The molecule has 5 rings (SSSR count). The maximum absolute atomic E-state index is 13.6. The molecule has 186 valence electrons.